The number of hydrogen-bond donors (Lipinski definition) is 2. The van der Waals surface area contributed by atoms with Crippen molar-refractivity contribution in [1.29, 1.82) is 0 Å². The summed E-state index contributed by atoms with van der Waals surface area (Å²) in [6.45, 7) is 10.7. The number of nitrogens with one attached hydrogen (secondary N) is 2. The minimum atomic E-state index is 0.577. The lowest BCUT2D eigenvalue weighted by Gasteiger charge is -2.20. The van der Waals surface area contributed by atoms with Crippen LogP contribution in [-0.4, -0.2) is 44.4 Å². The van der Waals surface area contributed by atoms with E-state index < -0.39 is 0 Å². The van der Waals surface area contributed by atoms with Crippen molar-refractivity contribution in [2.24, 2.45) is 10.9 Å². The third kappa shape index (κ3) is 5.46. The van der Waals surface area contributed by atoms with Crippen LogP contribution in [0.2, 0.25) is 0 Å². The maximum atomic E-state index is 5.47. The van der Waals surface area contributed by atoms with Crippen molar-refractivity contribution in [3.8, 4) is 5.75 Å². The molecule has 0 spiro atoms. The predicted octanol–water partition coefficient (Wildman–Crippen LogP) is 3.39. The number of guanidine groups is 1. The van der Waals surface area contributed by atoms with Gasteiger partial charge in [0, 0.05) is 49.9 Å². The molecule has 164 valence electrons. The highest BCUT2D eigenvalue weighted by atomic mass is 16.5. The molecule has 7 heteroatoms. The lowest BCUT2D eigenvalue weighted by Crippen LogP contribution is -2.40. The van der Waals surface area contributed by atoms with Gasteiger partial charge in [0.15, 0.2) is 5.96 Å². The molecule has 1 unspecified atom stereocenters. The molecule has 1 fully saturated rings. The van der Waals surface area contributed by atoms with E-state index in [-0.39, 0.29) is 0 Å². The fraction of sp³-hybridized carbons (Fsp3) is 0.565. The number of aryl methyl sites for hydroxylation is 2. The van der Waals surface area contributed by atoms with Crippen LogP contribution in [0.15, 0.2) is 33.8 Å². The second kappa shape index (κ2) is 10.9. The molecule has 3 rings (SSSR count). The summed E-state index contributed by atoms with van der Waals surface area (Å²) in [5.41, 5.74) is 3.36. The van der Waals surface area contributed by atoms with Crippen molar-refractivity contribution >= 4 is 11.6 Å². The molecule has 0 aliphatic carbocycles. The van der Waals surface area contributed by atoms with Crippen molar-refractivity contribution in [3.63, 3.8) is 0 Å². The van der Waals surface area contributed by atoms with Gasteiger partial charge < -0.3 is 24.8 Å². The number of rotatable bonds is 9. The van der Waals surface area contributed by atoms with Gasteiger partial charge in [0.25, 0.3) is 0 Å². The first kappa shape index (κ1) is 22.0. The van der Waals surface area contributed by atoms with E-state index in [2.05, 4.69) is 59.7 Å². The smallest absolute Gasteiger partial charge is 0.191 e. The van der Waals surface area contributed by atoms with Gasteiger partial charge in [0.05, 0.1) is 19.3 Å². The number of aromatic nitrogens is 1. The van der Waals surface area contributed by atoms with E-state index >= 15 is 0 Å². The fourth-order valence-electron chi connectivity index (χ4n) is 3.90. The van der Waals surface area contributed by atoms with E-state index in [0.717, 1.165) is 74.2 Å². The summed E-state index contributed by atoms with van der Waals surface area (Å²) in [6.07, 6.45) is 2.86. The monoisotopic (exact) mass is 413 g/mol. The molecule has 1 aromatic carbocycles. The Morgan fingerprint density at radius 3 is 2.87 bits per heavy atom. The van der Waals surface area contributed by atoms with Crippen molar-refractivity contribution in [3.05, 3.63) is 41.3 Å². The number of hydrogen-bond acceptors (Lipinski definition) is 5. The van der Waals surface area contributed by atoms with E-state index in [1.807, 2.05) is 6.07 Å². The van der Waals surface area contributed by atoms with Crippen LogP contribution in [0.3, 0.4) is 0 Å². The Bertz CT molecular complexity index is 811. The zero-order chi connectivity index (χ0) is 21.3. The first-order valence-corrected chi connectivity index (χ1v) is 11.1. The van der Waals surface area contributed by atoms with Gasteiger partial charge in [-0.15, -0.1) is 0 Å². The summed E-state index contributed by atoms with van der Waals surface area (Å²) in [4.78, 5) is 7.23. The van der Waals surface area contributed by atoms with Crippen LogP contribution in [0, 0.1) is 5.92 Å². The molecule has 2 aromatic rings. The van der Waals surface area contributed by atoms with Gasteiger partial charge in [-0.25, -0.2) is 4.99 Å². The molecule has 1 atom stereocenters. The summed E-state index contributed by atoms with van der Waals surface area (Å²) in [7, 11) is 1.71. The maximum Gasteiger partial charge on any atom is 0.191 e. The van der Waals surface area contributed by atoms with Crippen molar-refractivity contribution in [2.75, 3.05) is 38.2 Å². The highest BCUT2D eigenvalue weighted by Gasteiger charge is 2.23. The second-order valence-electron chi connectivity index (χ2n) is 7.62. The largest absolute Gasteiger partial charge is 0.497 e. The van der Waals surface area contributed by atoms with Gasteiger partial charge in [-0.1, -0.05) is 25.1 Å². The minimum Gasteiger partial charge on any atom is -0.497 e. The van der Waals surface area contributed by atoms with Gasteiger partial charge in [-0.3, -0.25) is 0 Å². The molecule has 0 radical (unpaired) electrons. The van der Waals surface area contributed by atoms with Crippen LogP contribution in [0.4, 0.5) is 5.69 Å². The van der Waals surface area contributed by atoms with Gasteiger partial charge in [0.2, 0.25) is 0 Å². The van der Waals surface area contributed by atoms with Gasteiger partial charge in [-0.05, 0) is 37.8 Å². The molecule has 0 amide bonds. The number of nitrogens with zero attached hydrogens (tertiary/aromatic N) is 3. The lowest BCUT2D eigenvalue weighted by molar-refractivity contribution is 0.380. The molecule has 0 saturated carbocycles. The zero-order valence-electron chi connectivity index (χ0n) is 18.7. The summed E-state index contributed by atoms with van der Waals surface area (Å²) in [5, 5.41) is 11.1. The zero-order valence-corrected chi connectivity index (χ0v) is 18.7. The Morgan fingerprint density at radius 1 is 1.27 bits per heavy atom. The standard InChI is InChI=1S/C23H35N5O2/c1-5-21-20(22(6-2)30-27-21)15-26-23(24-7-3)25-14-17-11-12-28(16-17)18-9-8-10-19(13-18)29-4/h8-10,13,17H,5-7,11-12,14-16H2,1-4H3,(H2,24,25,26). The highest BCUT2D eigenvalue weighted by molar-refractivity contribution is 5.79. The minimum absolute atomic E-state index is 0.577. The molecule has 1 aliphatic rings. The normalized spacial score (nSPS) is 16.7. The summed E-state index contributed by atoms with van der Waals surface area (Å²) in [6, 6.07) is 8.30. The van der Waals surface area contributed by atoms with Gasteiger partial charge in [-0.2, -0.15) is 0 Å². The Balaban J connectivity index is 1.57. The van der Waals surface area contributed by atoms with Crippen molar-refractivity contribution < 1.29 is 9.26 Å². The van der Waals surface area contributed by atoms with Crippen molar-refractivity contribution in [1.82, 2.24) is 15.8 Å². The maximum absolute atomic E-state index is 5.47. The number of benzene rings is 1. The molecular formula is C23H35N5O2. The number of methoxy groups -OCH3 is 1. The van der Waals surface area contributed by atoms with Crippen LogP contribution < -0.4 is 20.3 Å². The molecule has 1 saturated heterocycles. The molecule has 30 heavy (non-hydrogen) atoms. The van der Waals surface area contributed by atoms with Crippen molar-refractivity contribution in [2.45, 2.75) is 46.6 Å². The Morgan fingerprint density at radius 2 is 2.13 bits per heavy atom. The Kier molecular flexibility index (Phi) is 7.99. The Hall–Kier alpha value is -2.70. The van der Waals surface area contributed by atoms with E-state index in [1.165, 1.54) is 5.69 Å². The summed E-state index contributed by atoms with van der Waals surface area (Å²) in [5.74, 6) is 3.27. The van der Waals surface area contributed by atoms with Crippen LogP contribution >= 0.6 is 0 Å². The van der Waals surface area contributed by atoms with Crippen LogP contribution in [0.25, 0.3) is 0 Å². The quantitative estimate of drug-likeness (QED) is 0.485. The van der Waals surface area contributed by atoms with E-state index in [1.54, 1.807) is 7.11 Å². The average molecular weight is 414 g/mol. The third-order valence-corrected chi connectivity index (χ3v) is 5.61. The molecule has 2 N–H and O–H groups in total. The van der Waals surface area contributed by atoms with Crippen LogP contribution in [0.1, 0.15) is 44.2 Å². The molecule has 1 aliphatic heterocycles. The average Bonchev–Trinajstić information content (AvgIpc) is 3.42. The predicted molar refractivity (Wildman–Crippen MR) is 121 cm³/mol. The number of ether oxygens (including phenoxy) is 1. The molecular weight excluding hydrogens is 378 g/mol. The van der Waals surface area contributed by atoms with E-state index in [9.17, 15) is 0 Å². The Labute approximate surface area is 179 Å². The first-order chi connectivity index (χ1) is 14.7. The number of anilines is 1. The summed E-state index contributed by atoms with van der Waals surface area (Å²) < 4.78 is 10.8. The molecule has 2 heterocycles. The summed E-state index contributed by atoms with van der Waals surface area (Å²) >= 11 is 0. The van der Waals surface area contributed by atoms with Crippen LogP contribution in [-0.2, 0) is 19.4 Å². The lowest BCUT2D eigenvalue weighted by atomic mass is 10.1. The van der Waals surface area contributed by atoms with Crippen LogP contribution in [0.5, 0.6) is 5.75 Å². The second-order valence-corrected chi connectivity index (χ2v) is 7.62. The van der Waals surface area contributed by atoms with Gasteiger partial charge >= 0.3 is 0 Å². The van der Waals surface area contributed by atoms with E-state index in [4.69, 9.17) is 14.3 Å². The topological polar surface area (TPSA) is 74.9 Å². The molecule has 1 aromatic heterocycles. The van der Waals surface area contributed by atoms with Gasteiger partial charge in [0.1, 0.15) is 11.5 Å². The molecule has 0 bridgehead atoms. The molecule has 7 nitrogen and oxygen atoms in total. The highest BCUT2D eigenvalue weighted by Crippen LogP contribution is 2.26. The SMILES string of the molecule is CCNC(=NCc1c(CC)noc1CC)NCC1CCN(c2cccc(OC)c2)C1. The first-order valence-electron chi connectivity index (χ1n) is 11.1. The fourth-order valence-corrected chi connectivity index (χ4v) is 3.90. The number of aliphatic imine (C=N–C) groups is 1. The van der Waals surface area contributed by atoms with E-state index in [0.29, 0.717) is 12.5 Å². The third-order valence-electron chi connectivity index (χ3n) is 5.61.